The fourth-order valence-corrected chi connectivity index (χ4v) is 3.98. The standard InChI is InChI=1S/C17H17NO4S/c1-21-16(19)13-12-9-6-10-18(12)15(14(13)17(20)22-2)23-11-7-4-3-5-8-11/h3-5,7-8H,6,9-10H2,1-2H3. The summed E-state index contributed by atoms with van der Waals surface area (Å²) in [5, 5.41) is 0.746. The van der Waals surface area contributed by atoms with Crippen LogP contribution in [0.2, 0.25) is 0 Å². The van der Waals surface area contributed by atoms with Crippen LogP contribution in [0.3, 0.4) is 0 Å². The van der Waals surface area contributed by atoms with Gasteiger partial charge in [0, 0.05) is 17.1 Å². The maximum absolute atomic E-state index is 12.3. The first kappa shape index (κ1) is 15.7. The normalized spacial score (nSPS) is 12.8. The van der Waals surface area contributed by atoms with E-state index in [2.05, 4.69) is 0 Å². The highest BCUT2D eigenvalue weighted by molar-refractivity contribution is 7.99. The second-order valence-corrected chi connectivity index (χ2v) is 6.22. The van der Waals surface area contributed by atoms with Gasteiger partial charge in [-0.25, -0.2) is 9.59 Å². The van der Waals surface area contributed by atoms with E-state index in [1.165, 1.54) is 26.0 Å². The van der Waals surface area contributed by atoms with Crippen molar-refractivity contribution in [2.24, 2.45) is 0 Å². The van der Waals surface area contributed by atoms with E-state index in [-0.39, 0.29) is 0 Å². The Labute approximate surface area is 138 Å². The molecule has 2 heterocycles. The molecule has 0 atom stereocenters. The van der Waals surface area contributed by atoms with Gasteiger partial charge in [-0.3, -0.25) is 0 Å². The van der Waals surface area contributed by atoms with Crippen LogP contribution in [0.4, 0.5) is 0 Å². The molecule has 23 heavy (non-hydrogen) atoms. The molecule has 3 rings (SSSR count). The molecule has 1 aromatic heterocycles. The van der Waals surface area contributed by atoms with E-state index >= 15 is 0 Å². The summed E-state index contributed by atoms with van der Waals surface area (Å²) < 4.78 is 11.8. The summed E-state index contributed by atoms with van der Waals surface area (Å²) in [7, 11) is 2.65. The molecule has 0 N–H and O–H groups in total. The van der Waals surface area contributed by atoms with E-state index in [0.717, 1.165) is 35.0 Å². The molecule has 0 unspecified atom stereocenters. The average Bonchev–Trinajstić information content (AvgIpc) is 3.16. The summed E-state index contributed by atoms with van der Waals surface area (Å²) in [6.07, 6.45) is 1.70. The molecule has 6 heteroatoms. The van der Waals surface area contributed by atoms with Crippen LogP contribution in [-0.2, 0) is 22.4 Å². The lowest BCUT2D eigenvalue weighted by atomic mass is 10.1. The Morgan fingerprint density at radius 1 is 1.04 bits per heavy atom. The summed E-state index contributed by atoms with van der Waals surface area (Å²) in [4.78, 5) is 25.5. The Bertz CT molecular complexity index is 752. The first-order valence-corrected chi connectivity index (χ1v) is 8.14. The van der Waals surface area contributed by atoms with Gasteiger partial charge in [0.2, 0.25) is 0 Å². The zero-order valence-electron chi connectivity index (χ0n) is 13.0. The van der Waals surface area contributed by atoms with Crippen molar-refractivity contribution >= 4 is 23.7 Å². The van der Waals surface area contributed by atoms with Gasteiger partial charge in [-0.2, -0.15) is 0 Å². The maximum atomic E-state index is 12.3. The number of methoxy groups -OCH3 is 2. The number of hydrogen-bond acceptors (Lipinski definition) is 5. The smallest absolute Gasteiger partial charge is 0.341 e. The highest BCUT2D eigenvalue weighted by Crippen LogP contribution is 2.39. The number of carbonyl (C=O) groups is 2. The van der Waals surface area contributed by atoms with Crippen LogP contribution >= 0.6 is 11.8 Å². The molecule has 0 aliphatic carbocycles. The Morgan fingerprint density at radius 3 is 2.35 bits per heavy atom. The van der Waals surface area contributed by atoms with Crippen molar-refractivity contribution < 1.29 is 19.1 Å². The molecule has 1 aromatic carbocycles. The molecule has 0 fully saturated rings. The van der Waals surface area contributed by atoms with E-state index in [9.17, 15) is 9.59 Å². The molecule has 0 saturated carbocycles. The summed E-state index contributed by atoms with van der Waals surface area (Å²) >= 11 is 1.47. The molecule has 0 radical (unpaired) electrons. The van der Waals surface area contributed by atoms with E-state index in [0.29, 0.717) is 11.1 Å². The van der Waals surface area contributed by atoms with Crippen LogP contribution in [-0.4, -0.2) is 30.7 Å². The van der Waals surface area contributed by atoms with Crippen LogP contribution in [0.15, 0.2) is 40.3 Å². The van der Waals surface area contributed by atoms with Gasteiger partial charge in [0.1, 0.15) is 5.56 Å². The lowest BCUT2D eigenvalue weighted by molar-refractivity contribution is 0.0553. The zero-order valence-corrected chi connectivity index (χ0v) is 13.8. The Balaban J connectivity index is 2.17. The van der Waals surface area contributed by atoms with Gasteiger partial charge in [0.05, 0.1) is 24.8 Å². The predicted octanol–water partition coefficient (Wildman–Crippen LogP) is 3.16. The first-order valence-electron chi connectivity index (χ1n) is 7.32. The van der Waals surface area contributed by atoms with Crippen molar-refractivity contribution in [3.05, 3.63) is 47.2 Å². The molecule has 0 bridgehead atoms. The molecule has 5 nitrogen and oxygen atoms in total. The SMILES string of the molecule is COC(=O)c1c(C(=O)OC)c(Sc2ccccc2)n2c1CCC2. The number of rotatable bonds is 4. The Hall–Kier alpha value is -2.21. The maximum Gasteiger partial charge on any atom is 0.341 e. The summed E-state index contributed by atoms with van der Waals surface area (Å²) in [6.45, 7) is 0.783. The van der Waals surface area contributed by atoms with Gasteiger partial charge in [-0.05, 0) is 25.0 Å². The summed E-state index contributed by atoms with van der Waals surface area (Å²) in [5.74, 6) is -0.998. The number of fused-ring (bicyclic) bond motifs is 1. The highest BCUT2D eigenvalue weighted by atomic mass is 32.2. The Kier molecular flexibility index (Phi) is 4.43. The molecule has 0 amide bonds. The molecule has 1 aliphatic rings. The van der Waals surface area contributed by atoms with Crippen molar-refractivity contribution in [1.82, 2.24) is 4.57 Å². The van der Waals surface area contributed by atoms with Crippen LogP contribution in [0.1, 0.15) is 32.8 Å². The first-order chi connectivity index (χ1) is 11.2. The minimum atomic E-state index is -0.509. The second-order valence-electron chi connectivity index (χ2n) is 5.16. The van der Waals surface area contributed by atoms with Crippen molar-refractivity contribution in [1.29, 1.82) is 0 Å². The third-order valence-corrected chi connectivity index (χ3v) is 4.98. The van der Waals surface area contributed by atoms with Crippen molar-refractivity contribution in [3.63, 3.8) is 0 Å². The van der Waals surface area contributed by atoms with Gasteiger partial charge in [-0.1, -0.05) is 30.0 Å². The summed E-state index contributed by atoms with van der Waals surface area (Å²) in [6, 6.07) is 9.76. The topological polar surface area (TPSA) is 57.5 Å². The second kappa shape index (κ2) is 6.50. The van der Waals surface area contributed by atoms with Crippen LogP contribution in [0.5, 0.6) is 0 Å². The van der Waals surface area contributed by atoms with Crippen LogP contribution < -0.4 is 0 Å². The largest absolute Gasteiger partial charge is 0.465 e. The van der Waals surface area contributed by atoms with Crippen molar-refractivity contribution in [3.8, 4) is 0 Å². The van der Waals surface area contributed by atoms with E-state index in [1.807, 2.05) is 34.9 Å². The Morgan fingerprint density at radius 2 is 1.70 bits per heavy atom. The molecular formula is C17H17NO4S. The zero-order chi connectivity index (χ0) is 16.4. The molecule has 0 spiro atoms. The van der Waals surface area contributed by atoms with E-state index < -0.39 is 11.9 Å². The number of esters is 2. The minimum absolute atomic E-state index is 0.308. The molecular weight excluding hydrogens is 314 g/mol. The third kappa shape index (κ3) is 2.74. The van der Waals surface area contributed by atoms with E-state index in [4.69, 9.17) is 9.47 Å². The number of nitrogens with zero attached hydrogens (tertiary/aromatic N) is 1. The van der Waals surface area contributed by atoms with Gasteiger partial charge < -0.3 is 14.0 Å². The average molecular weight is 331 g/mol. The fourth-order valence-electron chi connectivity index (χ4n) is 2.86. The number of hydrogen-bond donors (Lipinski definition) is 0. The van der Waals surface area contributed by atoms with Crippen molar-refractivity contribution in [2.45, 2.75) is 29.3 Å². The molecule has 120 valence electrons. The fraction of sp³-hybridized carbons (Fsp3) is 0.294. The highest BCUT2D eigenvalue weighted by Gasteiger charge is 2.34. The monoisotopic (exact) mass is 331 g/mol. The van der Waals surface area contributed by atoms with Crippen LogP contribution in [0.25, 0.3) is 0 Å². The molecule has 0 saturated heterocycles. The number of benzene rings is 1. The minimum Gasteiger partial charge on any atom is -0.465 e. The summed E-state index contributed by atoms with van der Waals surface area (Å²) in [5.41, 5.74) is 1.51. The van der Waals surface area contributed by atoms with E-state index in [1.54, 1.807) is 0 Å². The lowest BCUT2D eigenvalue weighted by Gasteiger charge is -2.08. The number of ether oxygens (including phenoxy) is 2. The predicted molar refractivity (Wildman–Crippen MR) is 86.0 cm³/mol. The molecule has 2 aromatic rings. The quantitative estimate of drug-likeness (QED) is 0.806. The van der Waals surface area contributed by atoms with Gasteiger partial charge in [0.25, 0.3) is 0 Å². The van der Waals surface area contributed by atoms with Gasteiger partial charge in [0.15, 0.2) is 0 Å². The molecule has 1 aliphatic heterocycles. The number of carbonyl (C=O) groups excluding carboxylic acids is 2. The van der Waals surface area contributed by atoms with Crippen LogP contribution in [0, 0.1) is 0 Å². The van der Waals surface area contributed by atoms with Crippen molar-refractivity contribution in [2.75, 3.05) is 14.2 Å². The van der Waals surface area contributed by atoms with Gasteiger partial charge >= 0.3 is 11.9 Å². The number of aromatic nitrogens is 1. The lowest BCUT2D eigenvalue weighted by Crippen LogP contribution is -2.12. The van der Waals surface area contributed by atoms with Gasteiger partial charge in [-0.15, -0.1) is 0 Å². The third-order valence-electron chi connectivity index (χ3n) is 3.86.